The molecule has 1 aromatic rings. The number of anilines is 1. The molecule has 0 unspecified atom stereocenters. The highest BCUT2D eigenvalue weighted by molar-refractivity contribution is 6.78. The van der Waals surface area contributed by atoms with Crippen LogP contribution < -0.4 is 11.4 Å². The second kappa shape index (κ2) is 4.92. The van der Waals surface area contributed by atoms with Crippen molar-refractivity contribution in [1.29, 1.82) is 0 Å². The third kappa shape index (κ3) is 2.26. The third-order valence-electron chi connectivity index (χ3n) is 3.72. The average Bonchev–Trinajstić information content (AvgIpc) is 2.66. The van der Waals surface area contributed by atoms with E-state index in [-0.39, 0.29) is 19.0 Å². The zero-order valence-corrected chi connectivity index (χ0v) is 12.8. The van der Waals surface area contributed by atoms with E-state index in [0.717, 1.165) is 0 Å². The molecule has 1 aromatic heterocycles. The van der Waals surface area contributed by atoms with Crippen LogP contribution in [0.5, 0.6) is 0 Å². The van der Waals surface area contributed by atoms with Crippen molar-refractivity contribution in [3.05, 3.63) is 16.8 Å². The van der Waals surface area contributed by atoms with Crippen LogP contribution in [0.1, 0.15) is 6.42 Å². The van der Waals surface area contributed by atoms with Crippen LogP contribution >= 0.6 is 0 Å². The molecule has 8 nitrogen and oxygen atoms in total. The van der Waals surface area contributed by atoms with Crippen molar-refractivity contribution in [3.8, 4) is 0 Å². The minimum absolute atomic E-state index is 0.103. The van der Waals surface area contributed by atoms with Gasteiger partial charge in [-0.1, -0.05) is 19.6 Å². The first-order valence-electron chi connectivity index (χ1n) is 6.39. The minimum Gasteiger partial charge on any atom is -0.394 e. The molecule has 2 rings (SSSR count). The van der Waals surface area contributed by atoms with Gasteiger partial charge in [0, 0.05) is 6.42 Å². The summed E-state index contributed by atoms with van der Waals surface area (Å²) >= 11 is 0. The van der Waals surface area contributed by atoms with Crippen LogP contribution in [-0.4, -0.2) is 51.6 Å². The molecule has 3 atom stereocenters. The van der Waals surface area contributed by atoms with E-state index in [4.69, 9.17) is 10.5 Å². The highest BCUT2D eigenvalue weighted by Crippen LogP contribution is 2.41. The van der Waals surface area contributed by atoms with E-state index < -0.39 is 31.3 Å². The van der Waals surface area contributed by atoms with Gasteiger partial charge < -0.3 is 20.7 Å². The SMILES string of the molecule is C[Si](C)(C)[C@]1(n2cnc(N)nc2=O)C[C@H](O)[C@@H](CO)O1. The maximum Gasteiger partial charge on any atom is 0.354 e. The van der Waals surface area contributed by atoms with Crippen LogP contribution in [0.4, 0.5) is 5.95 Å². The summed E-state index contributed by atoms with van der Waals surface area (Å²) in [5.41, 5.74) is 4.84. The van der Waals surface area contributed by atoms with Crippen molar-refractivity contribution in [1.82, 2.24) is 14.5 Å². The Kier molecular flexibility index (Phi) is 3.71. The molecule has 1 aliphatic heterocycles. The number of nitrogen functional groups attached to an aromatic ring is 1. The summed E-state index contributed by atoms with van der Waals surface area (Å²) in [4.78, 5) is 19.6. The number of aliphatic hydroxyl groups is 2. The zero-order chi connectivity index (χ0) is 15.1. The smallest absolute Gasteiger partial charge is 0.354 e. The minimum atomic E-state index is -2.12. The van der Waals surface area contributed by atoms with Crippen LogP contribution in [0.15, 0.2) is 11.1 Å². The Labute approximate surface area is 117 Å². The number of nitrogens with two attached hydrogens (primary N) is 1. The van der Waals surface area contributed by atoms with E-state index in [1.54, 1.807) is 0 Å². The number of aliphatic hydroxyl groups excluding tert-OH is 2. The molecule has 1 aliphatic rings. The molecule has 1 fully saturated rings. The van der Waals surface area contributed by atoms with Crippen LogP contribution in [0, 0.1) is 0 Å². The molecule has 1 saturated heterocycles. The zero-order valence-electron chi connectivity index (χ0n) is 11.8. The fraction of sp³-hybridized carbons (Fsp3) is 0.727. The molecule has 2 heterocycles. The van der Waals surface area contributed by atoms with Gasteiger partial charge in [-0.15, -0.1) is 0 Å². The predicted molar refractivity (Wildman–Crippen MR) is 74.6 cm³/mol. The van der Waals surface area contributed by atoms with Gasteiger partial charge in [-0.3, -0.25) is 4.57 Å². The van der Waals surface area contributed by atoms with Gasteiger partial charge in [0.2, 0.25) is 5.95 Å². The van der Waals surface area contributed by atoms with Crippen molar-refractivity contribution < 1.29 is 14.9 Å². The Morgan fingerprint density at radius 2 is 2.25 bits per heavy atom. The van der Waals surface area contributed by atoms with E-state index in [0.29, 0.717) is 0 Å². The maximum atomic E-state index is 12.1. The van der Waals surface area contributed by atoms with E-state index in [9.17, 15) is 15.0 Å². The first-order chi connectivity index (χ1) is 9.21. The van der Waals surface area contributed by atoms with Gasteiger partial charge in [-0.25, -0.2) is 9.78 Å². The Hall–Kier alpha value is -1.29. The van der Waals surface area contributed by atoms with Crippen LogP contribution in [-0.2, 0) is 10.1 Å². The van der Waals surface area contributed by atoms with Gasteiger partial charge in [0.05, 0.1) is 12.7 Å². The summed E-state index contributed by atoms with van der Waals surface area (Å²) < 4.78 is 7.19. The molecule has 20 heavy (non-hydrogen) atoms. The number of rotatable bonds is 3. The Bertz CT molecular complexity index is 558. The van der Waals surface area contributed by atoms with E-state index in [1.165, 1.54) is 10.9 Å². The van der Waals surface area contributed by atoms with E-state index >= 15 is 0 Å². The summed E-state index contributed by atoms with van der Waals surface area (Å²) in [6.07, 6.45) is -0.0290. The lowest BCUT2D eigenvalue weighted by Crippen LogP contribution is -2.58. The van der Waals surface area contributed by atoms with Gasteiger partial charge in [-0.2, -0.15) is 4.98 Å². The molecule has 0 radical (unpaired) electrons. The Morgan fingerprint density at radius 3 is 2.70 bits per heavy atom. The monoisotopic (exact) mass is 300 g/mol. The van der Waals surface area contributed by atoms with Crippen LogP contribution in [0.25, 0.3) is 0 Å². The topological polar surface area (TPSA) is 123 Å². The van der Waals surface area contributed by atoms with Crippen molar-refractivity contribution in [2.75, 3.05) is 12.3 Å². The second-order valence-corrected chi connectivity index (χ2v) is 11.3. The number of nitrogens with zero attached hydrogens (tertiary/aromatic N) is 3. The van der Waals surface area contributed by atoms with Crippen LogP contribution in [0.2, 0.25) is 19.6 Å². The molecule has 9 heteroatoms. The maximum absolute atomic E-state index is 12.1. The van der Waals surface area contributed by atoms with Crippen molar-refractivity contribution >= 4 is 14.0 Å². The van der Waals surface area contributed by atoms with Crippen molar-refractivity contribution in [3.63, 3.8) is 0 Å². The molecule has 0 saturated carbocycles. The summed E-state index contributed by atoms with van der Waals surface area (Å²) in [5.74, 6) is -0.103. The summed E-state index contributed by atoms with van der Waals surface area (Å²) in [6, 6.07) is 0. The molecule has 0 aromatic carbocycles. The number of hydrogen-bond donors (Lipinski definition) is 3. The summed E-state index contributed by atoms with van der Waals surface area (Å²) in [7, 11) is -2.12. The van der Waals surface area contributed by atoms with E-state index in [2.05, 4.69) is 9.97 Å². The number of hydrogen-bond acceptors (Lipinski definition) is 7. The lowest BCUT2D eigenvalue weighted by molar-refractivity contribution is -0.0761. The van der Waals surface area contributed by atoms with Crippen LogP contribution in [0.3, 0.4) is 0 Å². The molecule has 112 valence electrons. The molecule has 0 aliphatic carbocycles. The highest BCUT2D eigenvalue weighted by Gasteiger charge is 2.55. The van der Waals surface area contributed by atoms with Gasteiger partial charge >= 0.3 is 5.69 Å². The molecule has 0 amide bonds. The highest BCUT2D eigenvalue weighted by atomic mass is 28.3. The molecular formula is C11H20N4O4Si. The van der Waals surface area contributed by atoms with E-state index in [1.807, 2.05) is 19.6 Å². The van der Waals surface area contributed by atoms with Gasteiger partial charge in [-0.05, 0) is 0 Å². The predicted octanol–water partition coefficient (Wildman–Crippen LogP) is -1.11. The first kappa shape index (κ1) is 15.1. The van der Waals surface area contributed by atoms with Gasteiger partial charge in [0.1, 0.15) is 25.9 Å². The normalized spacial score (nSPS) is 30.6. The van der Waals surface area contributed by atoms with Gasteiger partial charge in [0.25, 0.3) is 0 Å². The molecule has 0 bridgehead atoms. The largest absolute Gasteiger partial charge is 0.394 e. The fourth-order valence-electron chi connectivity index (χ4n) is 2.55. The van der Waals surface area contributed by atoms with Gasteiger partial charge in [0.15, 0.2) is 0 Å². The molecule has 0 spiro atoms. The molecule has 4 N–H and O–H groups in total. The summed E-state index contributed by atoms with van der Waals surface area (Å²) in [5, 5.41) is 18.3. The first-order valence-corrected chi connectivity index (χ1v) is 9.89. The quantitative estimate of drug-likeness (QED) is 0.605. The van der Waals surface area contributed by atoms with Crippen molar-refractivity contribution in [2.45, 2.75) is 43.6 Å². The second-order valence-electron chi connectivity index (χ2n) is 6.01. The Morgan fingerprint density at radius 1 is 1.60 bits per heavy atom. The third-order valence-corrected chi connectivity index (χ3v) is 6.63. The number of aromatic nitrogens is 3. The number of ether oxygens (including phenoxy) is 1. The van der Waals surface area contributed by atoms with Crippen molar-refractivity contribution in [2.24, 2.45) is 0 Å². The lowest BCUT2D eigenvalue weighted by Gasteiger charge is -2.40. The Balaban J connectivity index is 2.58. The average molecular weight is 300 g/mol. The standard InChI is InChI=1S/C11H20N4O4Si/c1-20(2,3)11(4-7(17)8(5-16)19-11)15-6-13-9(12)14-10(15)18/h6-8,16-17H,4-5H2,1-3H3,(H2,12,14,18)/t7-,8+,11-/m0/s1. The molecular weight excluding hydrogens is 280 g/mol. The summed E-state index contributed by atoms with van der Waals surface area (Å²) in [6.45, 7) is 5.74. The lowest BCUT2D eigenvalue weighted by atomic mass is 10.2. The fourth-order valence-corrected chi connectivity index (χ4v) is 4.75.